The minimum atomic E-state index is 0.708. The Labute approximate surface area is 108 Å². The quantitative estimate of drug-likeness (QED) is 0.840. The molecule has 1 aliphatic rings. The molecule has 1 aliphatic heterocycles. The summed E-state index contributed by atoms with van der Waals surface area (Å²) >= 11 is 1.42. The van der Waals surface area contributed by atoms with Crippen LogP contribution in [0.15, 0.2) is 5.38 Å². The molecule has 1 fully saturated rings. The van der Waals surface area contributed by atoms with Crippen LogP contribution in [0.2, 0.25) is 0 Å². The Bertz CT molecular complexity index is 295. The lowest BCUT2D eigenvalue weighted by Crippen LogP contribution is -2.36. The molecule has 0 aromatic carbocycles. The van der Waals surface area contributed by atoms with Gasteiger partial charge in [-0.05, 0) is 49.9 Å². The fourth-order valence-corrected chi connectivity index (χ4v) is 2.81. The average molecular weight is 254 g/mol. The highest BCUT2D eigenvalue weighted by molar-refractivity contribution is 7.03. The smallest absolute Gasteiger partial charge is 0.0893 e. The number of aromatic nitrogens is 2. The second-order valence-electron chi connectivity index (χ2n) is 4.99. The maximum absolute atomic E-state index is 4.02. The van der Waals surface area contributed by atoms with Crippen molar-refractivity contribution in [2.75, 3.05) is 26.2 Å². The minimum Gasteiger partial charge on any atom is -0.311 e. The van der Waals surface area contributed by atoms with Crippen LogP contribution >= 0.6 is 11.5 Å². The zero-order chi connectivity index (χ0) is 11.9. The summed E-state index contributed by atoms with van der Waals surface area (Å²) in [6.45, 7) is 8.04. The van der Waals surface area contributed by atoms with Crippen molar-refractivity contribution in [2.24, 2.45) is 5.92 Å². The average Bonchev–Trinajstić information content (AvgIpc) is 2.83. The summed E-state index contributed by atoms with van der Waals surface area (Å²) in [6.07, 6.45) is 4.18. The third-order valence-corrected chi connectivity index (χ3v) is 3.78. The van der Waals surface area contributed by atoms with Gasteiger partial charge in [-0.15, -0.1) is 5.10 Å². The highest BCUT2D eigenvalue weighted by Crippen LogP contribution is 2.10. The maximum atomic E-state index is 4.02. The van der Waals surface area contributed by atoms with Gasteiger partial charge in [0.1, 0.15) is 0 Å². The summed E-state index contributed by atoms with van der Waals surface area (Å²) in [6, 6.07) is 0. The second-order valence-corrected chi connectivity index (χ2v) is 5.60. The van der Waals surface area contributed by atoms with Gasteiger partial charge in [-0.1, -0.05) is 17.8 Å². The Hall–Kier alpha value is -0.520. The van der Waals surface area contributed by atoms with Gasteiger partial charge in [0.15, 0.2) is 0 Å². The minimum absolute atomic E-state index is 0.708. The van der Waals surface area contributed by atoms with Crippen molar-refractivity contribution < 1.29 is 0 Å². The van der Waals surface area contributed by atoms with E-state index in [1.54, 1.807) is 0 Å². The van der Waals surface area contributed by atoms with Gasteiger partial charge in [-0.2, -0.15) is 0 Å². The van der Waals surface area contributed by atoms with Gasteiger partial charge < -0.3 is 10.2 Å². The fraction of sp³-hybridized carbons (Fsp3) is 0.833. The van der Waals surface area contributed by atoms with Crippen molar-refractivity contribution in [3.05, 3.63) is 11.1 Å². The molecule has 1 saturated heterocycles. The summed E-state index contributed by atoms with van der Waals surface area (Å²) in [5, 5.41) is 9.48. The van der Waals surface area contributed by atoms with Crippen molar-refractivity contribution in [3.63, 3.8) is 0 Å². The van der Waals surface area contributed by atoms with Crippen LogP contribution in [-0.4, -0.2) is 40.7 Å². The fourth-order valence-electron chi connectivity index (χ4n) is 2.35. The molecule has 0 spiro atoms. The van der Waals surface area contributed by atoms with E-state index in [1.807, 2.05) is 5.38 Å². The first-order valence-electron chi connectivity index (χ1n) is 6.53. The predicted molar refractivity (Wildman–Crippen MR) is 71.1 cm³/mol. The van der Waals surface area contributed by atoms with E-state index in [1.165, 1.54) is 50.4 Å². The lowest BCUT2D eigenvalue weighted by molar-refractivity contribution is 0.199. The van der Waals surface area contributed by atoms with E-state index >= 15 is 0 Å². The van der Waals surface area contributed by atoms with Gasteiger partial charge in [-0.25, -0.2) is 0 Å². The third-order valence-electron chi connectivity index (χ3n) is 3.22. The largest absolute Gasteiger partial charge is 0.311 e. The van der Waals surface area contributed by atoms with Gasteiger partial charge in [0.05, 0.1) is 5.69 Å². The number of hydrogen-bond acceptors (Lipinski definition) is 5. The van der Waals surface area contributed by atoms with E-state index in [9.17, 15) is 0 Å². The van der Waals surface area contributed by atoms with Crippen LogP contribution in [0.3, 0.4) is 0 Å². The Balaban J connectivity index is 1.58. The molecule has 0 aliphatic carbocycles. The molecule has 17 heavy (non-hydrogen) atoms. The highest BCUT2D eigenvalue weighted by Gasteiger charge is 2.13. The molecule has 2 rings (SSSR count). The molecule has 0 amide bonds. The highest BCUT2D eigenvalue weighted by atomic mass is 32.1. The van der Waals surface area contributed by atoms with Gasteiger partial charge in [0.2, 0.25) is 0 Å². The van der Waals surface area contributed by atoms with Crippen LogP contribution in [0.1, 0.15) is 31.9 Å². The maximum Gasteiger partial charge on any atom is 0.0893 e. The standard InChI is InChI=1S/C12H22N4S/c1-11(9-16-5-3-2-4-6-16)7-13-8-12-10-17-15-14-12/h10-11,13H,2-9H2,1H3. The summed E-state index contributed by atoms with van der Waals surface area (Å²) in [4.78, 5) is 2.60. The number of rotatable bonds is 6. The first-order chi connectivity index (χ1) is 8.34. The van der Waals surface area contributed by atoms with Crippen LogP contribution in [0.25, 0.3) is 0 Å². The molecule has 4 nitrogen and oxygen atoms in total. The lowest BCUT2D eigenvalue weighted by Gasteiger charge is -2.29. The van der Waals surface area contributed by atoms with E-state index in [2.05, 4.69) is 26.7 Å². The molecule has 1 aromatic heterocycles. The van der Waals surface area contributed by atoms with Crippen molar-refractivity contribution >= 4 is 11.5 Å². The normalized spacial score (nSPS) is 19.4. The molecular formula is C12H22N4S. The van der Waals surface area contributed by atoms with Gasteiger partial charge in [0, 0.05) is 18.5 Å². The topological polar surface area (TPSA) is 41.1 Å². The summed E-state index contributed by atoms with van der Waals surface area (Å²) in [5.74, 6) is 0.708. The summed E-state index contributed by atoms with van der Waals surface area (Å²) < 4.78 is 3.86. The number of likely N-dealkylation sites (tertiary alicyclic amines) is 1. The van der Waals surface area contributed by atoms with Crippen LogP contribution in [-0.2, 0) is 6.54 Å². The van der Waals surface area contributed by atoms with Crippen molar-refractivity contribution in [2.45, 2.75) is 32.7 Å². The van der Waals surface area contributed by atoms with Crippen molar-refractivity contribution in [1.82, 2.24) is 19.8 Å². The first-order valence-corrected chi connectivity index (χ1v) is 7.37. The van der Waals surface area contributed by atoms with Gasteiger partial charge >= 0.3 is 0 Å². The molecule has 1 atom stereocenters. The molecule has 0 bridgehead atoms. The SMILES string of the molecule is CC(CNCc1csnn1)CN1CCCCC1. The Kier molecular flexibility index (Phi) is 5.35. The van der Waals surface area contributed by atoms with Crippen LogP contribution in [0, 0.1) is 5.92 Å². The Morgan fingerprint density at radius 2 is 2.24 bits per heavy atom. The molecule has 5 heteroatoms. The number of nitrogens with zero attached hydrogens (tertiary/aromatic N) is 3. The number of piperidine rings is 1. The Morgan fingerprint density at radius 1 is 1.41 bits per heavy atom. The number of hydrogen-bond donors (Lipinski definition) is 1. The molecule has 1 unspecified atom stereocenters. The number of nitrogens with one attached hydrogen (secondary N) is 1. The molecular weight excluding hydrogens is 232 g/mol. The van der Waals surface area contributed by atoms with Gasteiger partial charge in [0.25, 0.3) is 0 Å². The van der Waals surface area contributed by atoms with E-state index in [0.29, 0.717) is 5.92 Å². The van der Waals surface area contributed by atoms with Crippen molar-refractivity contribution in [1.29, 1.82) is 0 Å². The molecule has 1 aromatic rings. The monoisotopic (exact) mass is 254 g/mol. The van der Waals surface area contributed by atoms with E-state index in [4.69, 9.17) is 0 Å². The Morgan fingerprint density at radius 3 is 2.94 bits per heavy atom. The van der Waals surface area contributed by atoms with Crippen LogP contribution in [0.4, 0.5) is 0 Å². The van der Waals surface area contributed by atoms with E-state index in [0.717, 1.165) is 18.8 Å². The first kappa shape index (κ1) is 12.9. The van der Waals surface area contributed by atoms with Gasteiger partial charge in [-0.3, -0.25) is 0 Å². The summed E-state index contributed by atoms with van der Waals surface area (Å²) in [7, 11) is 0. The summed E-state index contributed by atoms with van der Waals surface area (Å²) in [5.41, 5.74) is 1.06. The third kappa shape index (κ3) is 4.69. The lowest BCUT2D eigenvalue weighted by atomic mass is 10.1. The zero-order valence-electron chi connectivity index (χ0n) is 10.6. The second kappa shape index (κ2) is 7.03. The molecule has 0 radical (unpaired) electrons. The van der Waals surface area contributed by atoms with E-state index in [-0.39, 0.29) is 0 Å². The van der Waals surface area contributed by atoms with Crippen molar-refractivity contribution in [3.8, 4) is 0 Å². The zero-order valence-corrected chi connectivity index (χ0v) is 11.4. The molecule has 1 N–H and O–H groups in total. The molecule has 0 saturated carbocycles. The van der Waals surface area contributed by atoms with E-state index < -0.39 is 0 Å². The predicted octanol–water partition coefficient (Wildman–Crippen LogP) is 1.75. The van der Waals surface area contributed by atoms with Crippen LogP contribution in [0.5, 0.6) is 0 Å². The molecule has 96 valence electrons. The van der Waals surface area contributed by atoms with Crippen LogP contribution < -0.4 is 5.32 Å². The molecule has 2 heterocycles.